The summed E-state index contributed by atoms with van der Waals surface area (Å²) >= 11 is 0. The first-order chi connectivity index (χ1) is 15.1. The minimum Gasteiger partial charge on any atom is -0.368 e. The highest BCUT2D eigenvalue weighted by Crippen LogP contribution is 2.24. The number of amides is 1. The lowest BCUT2D eigenvalue weighted by molar-refractivity contribution is -0.136. The van der Waals surface area contributed by atoms with Crippen LogP contribution in [0.2, 0.25) is 0 Å². The molecular formula is C22H26FN7O. The lowest BCUT2D eigenvalue weighted by Gasteiger charge is -2.41. The Kier molecular flexibility index (Phi) is 6.28. The summed E-state index contributed by atoms with van der Waals surface area (Å²) in [6.45, 7) is 7.35. The second-order valence-electron chi connectivity index (χ2n) is 7.81. The summed E-state index contributed by atoms with van der Waals surface area (Å²) in [4.78, 5) is 29.8. The maximum atomic E-state index is 13.9. The van der Waals surface area contributed by atoms with Crippen LogP contribution in [-0.2, 0) is 4.79 Å². The molecule has 2 aromatic rings. The first-order valence-corrected chi connectivity index (χ1v) is 10.6. The molecule has 2 aliphatic heterocycles. The zero-order chi connectivity index (χ0) is 21.8. The quantitative estimate of drug-likeness (QED) is 0.734. The van der Waals surface area contributed by atoms with Crippen molar-refractivity contribution in [1.29, 1.82) is 5.26 Å². The number of hydrogen-bond donors (Lipinski definition) is 0. The summed E-state index contributed by atoms with van der Waals surface area (Å²) in [6, 6.07) is 8.26. The van der Waals surface area contributed by atoms with Crippen LogP contribution in [0.1, 0.15) is 12.5 Å². The Morgan fingerprint density at radius 3 is 2.29 bits per heavy atom. The van der Waals surface area contributed by atoms with E-state index in [0.717, 1.165) is 0 Å². The van der Waals surface area contributed by atoms with Crippen molar-refractivity contribution in [3.63, 3.8) is 0 Å². The van der Waals surface area contributed by atoms with Gasteiger partial charge in [0.2, 0.25) is 11.9 Å². The normalized spacial score (nSPS) is 18.5. The van der Waals surface area contributed by atoms with Crippen molar-refractivity contribution in [2.45, 2.75) is 13.0 Å². The summed E-state index contributed by atoms with van der Waals surface area (Å²) in [5.74, 6) is 0.337. The minimum atomic E-state index is -0.494. The summed E-state index contributed by atoms with van der Waals surface area (Å²) in [5.41, 5.74) is 0.709. The molecule has 0 bridgehead atoms. The Balaban J connectivity index is 1.31. The van der Waals surface area contributed by atoms with Crippen molar-refractivity contribution < 1.29 is 9.18 Å². The molecule has 3 heterocycles. The predicted molar refractivity (Wildman–Crippen MR) is 115 cm³/mol. The number of anilines is 2. The van der Waals surface area contributed by atoms with E-state index in [2.05, 4.69) is 19.8 Å². The van der Waals surface area contributed by atoms with Crippen LogP contribution < -0.4 is 9.80 Å². The van der Waals surface area contributed by atoms with E-state index in [4.69, 9.17) is 0 Å². The topological polar surface area (TPSA) is 79.6 Å². The average molecular weight is 423 g/mol. The van der Waals surface area contributed by atoms with Gasteiger partial charge in [-0.2, -0.15) is 5.26 Å². The highest BCUT2D eigenvalue weighted by atomic mass is 19.1. The van der Waals surface area contributed by atoms with Crippen LogP contribution in [0.5, 0.6) is 0 Å². The van der Waals surface area contributed by atoms with Crippen molar-refractivity contribution in [1.82, 2.24) is 19.8 Å². The average Bonchev–Trinajstić information content (AvgIpc) is 2.84. The Bertz CT molecular complexity index is 948. The van der Waals surface area contributed by atoms with Crippen molar-refractivity contribution in [3.8, 4) is 6.07 Å². The number of rotatable bonds is 4. The summed E-state index contributed by atoms with van der Waals surface area (Å²) in [6.07, 6.45) is 3.45. The number of hydrogen-bond acceptors (Lipinski definition) is 7. The van der Waals surface area contributed by atoms with Crippen LogP contribution in [0.15, 0.2) is 36.7 Å². The van der Waals surface area contributed by atoms with Gasteiger partial charge in [0.15, 0.2) is 0 Å². The van der Waals surface area contributed by atoms with Crippen LogP contribution in [0, 0.1) is 17.1 Å². The maximum Gasteiger partial charge on any atom is 0.239 e. The summed E-state index contributed by atoms with van der Waals surface area (Å²) < 4.78 is 13.9. The maximum absolute atomic E-state index is 13.9. The molecule has 4 rings (SSSR count). The van der Waals surface area contributed by atoms with E-state index < -0.39 is 5.82 Å². The molecule has 9 heteroatoms. The number of carbonyl (C=O) groups is 1. The number of aromatic nitrogens is 2. The smallest absolute Gasteiger partial charge is 0.239 e. The third-order valence-corrected chi connectivity index (χ3v) is 6.09. The molecule has 8 nitrogen and oxygen atoms in total. The Morgan fingerprint density at radius 2 is 1.65 bits per heavy atom. The molecule has 1 atom stereocenters. The van der Waals surface area contributed by atoms with Gasteiger partial charge in [-0.1, -0.05) is 6.07 Å². The number of piperazine rings is 2. The van der Waals surface area contributed by atoms with Crippen LogP contribution >= 0.6 is 0 Å². The van der Waals surface area contributed by atoms with Crippen molar-refractivity contribution in [3.05, 3.63) is 48.0 Å². The van der Waals surface area contributed by atoms with Gasteiger partial charge in [0.25, 0.3) is 0 Å². The Morgan fingerprint density at radius 1 is 1.00 bits per heavy atom. The fraction of sp³-hybridized carbons (Fsp3) is 0.455. The lowest BCUT2D eigenvalue weighted by atomic mass is 10.1. The molecule has 2 aliphatic rings. The Labute approximate surface area is 181 Å². The van der Waals surface area contributed by atoms with Gasteiger partial charge in [-0.25, -0.2) is 14.4 Å². The molecule has 2 fully saturated rings. The lowest BCUT2D eigenvalue weighted by Crippen LogP contribution is -2.57. The SMILES string of the molecule is CC(C(=O)N1CCN(c2ncccn2)CC1)N1CCN(c2cccc(F)c2C#N)CC1. The largest absolute Gasteiger partial charge is 0.368 e. The van der Waals surface area contributed by atoms with Gasteiger partial charge >= 0.3 is 0 Å². The zero-order valence-electron chi connectivity index (χ0n) is 17.6. The van der Waals surface area contributed by atoms with Gasteiger partial charge in [0.1, 0.15) is 17.4 Å². The van der Waals surface area contributed by atoms with E-state index in [9.17, 15) is 14.4 Å². The van der Waals surface area contributed by atoms with Gasteiger partial charge < -0.3 is 14.7 Å². The molecule has 1 amide bonds. The molecule has 2 saturated heterocycles. The third kappa shape index (κ3) is 4.44. The fourth-order valence-electron chi connectivity index (χ4n) is 4.24. The molecule has 0 aliphatic carbocycles. The van der Waals surface area contributed by atoms with E-state index in [-0.39, 0.29) is 17.5 Å². The zero-order valence-corrected chi connectivity index (χ0v) is 17.6. The Hall–Kier alpha value is -3.25. The number of benzene rings is 1. The summed E-state index contributed by atoms with van der Waals surface area (Å²) in [7, 11) is 0. The van der Waals surface area contributed by atoms with Crippen LogP contribution in [-0.4, -0.2) is 84.1 Å². The van der Waals surface area contributed by atoms with Crippen LogP contribution in [0.4, 0.5) is 16.0 Å². The van der Waals surface area contributed by atoms with E-state index in [1.165, 1.54) is 6.07 Å². The standard InChI is InChI=1S/C22H26FN7O/c1-17(21(31)29-12-14-30(15-13-29)22-25-6-3-7-26-22)27-8-10-28(11-9-27)20-5-2-4-19(23)18(20)16-24/h2-7,17H,8-15H2,1H3. The molecule has 0 spiro atoms. The van der Waals surface area contributed by atoms with Crippen molar-refractivity contribution in [2.75, 3.05) is 62.2 Å². The third-order valence-electron chi connectivity index (χ3n) is 6.09. The van der Waals surface area contributed by atoms with E-state index in [0.29, 0.717) is 64.0 Å². The van der Waals surface area contributed by atoms with Gasteiger partial charge in [-0.15, -0.1) is 0 Å². The number of halogens is 1. The molecule has 0 N–H and O–H groups in total. The number of nitriles is 1. The van der Waals surface area contributed by atoms with Gasteiger partial charge in [-0.05, 0) is 25.1 Å². The van der Waals surface area contributed by atoms with Gasteiger partial charge in [0.05, 0.1) is 11.7 Å². The number of carbonyl (C=O) groups excluding carboxylic acids is 1. The molecule has 162 valence electrons. The predicted octanol–water partition coefficient (Wildman–Crippen LogP) is 1.35. The number of nitrogens with zero attached hydrogens (tertiary/aromatic N) is 7. The highest BCUT2D eigenvalue weighted by Gasteiger charge is 2.31. The molecule has 0 radical (unpaired) electrons. The molecule has 1 unspecified atom stereocenters. The van der Waals surface area contributed by atoms with Gasteiger partial charge in [0, 0.05) is 64.8 Å². The van der Waals surface area contributed by atoms with E-state index in [1.54, 1.807) is 30.6 Å². The molecule has 0 saturated carbocycles. The molecule has 31 heavy (non-hydrogen) atoms. The highest BCUT2D eigenvalue weighted by molar-refractivity contribution is 5.81. The second kappa shape index (κ2) is 9.27. The fourth-order valence-corrected chi connectivity index (χ4v) is 4.24. The second-order valence-corrected chi connectivity index (χ2v) is 7.81. The van der Waals surface area contributed by atoms with Crippen molar-refractivity contribution in [2.24, 2.45) is 0 Å². The molecule has 1 aromatic carbocycles. The van der Waals surface area contributed by atoms with Crippen LogP contribution in [0.3, 0.4) is 0 Å². The first-order valence-electron chi connectivity index (χ1n) is 10.6. The van der Waals surface area contributed by atoms with E-state index in [1.807, 2.05) is 22.8 Å². The van der Waals surface area contributed by atoms with E-state index >= 15 is 0 Å². The van der Waals surface area contributed by atoms with Crippen LogP contribution in [0.25, 0.3) is 0 Å². The molecular weight excluding hydrogens is 397 g/mol. The van der Waals surface area contributed by atoms with Crippen molar-refractivity contribution >= 4 is 17.5 Å². The minimum absolute atomic E-state index is 0.0836. The molecule has 1 aromatic heterocycles. The summed E-state index contributed by atoms with van der Waals surface area (Å²) in [5, 5.41) is 9.29. The first kappa shape index (κ1) is 21.0. The monoisotopic (exact) mass is 423 g/mol. The van der Waals surface area contributed by atoms with Gasteiger partial charge in [-0.3, -0.25) is 9.69 Å².